The number of hydrogen-bond acceptors (Lipinski definition) is 4. The third-order valence-corrected chi connectivity index (χ3v) is 4.72. The Morgan fingerprint density at radius 3 is 2.79 bits per heavy atom. The maximum atomic E-state index is 11.4. The fraction of sp³-hybridized carbons (Fsp3) is 0.667. The van der Waals surface area contributed by atoms with Crippen LogP contribution >= 0.6 is 7.52 Å². The number of nitrogens with one attached hydrogen (secondary N) is 1. The third-order valence-electron chi connectivity index (χ3n) is 2.32. The minimum absolute atomic E-state index is 0.0191. The summed E-state index contributed by atoms with van der Waals surface area (Å²) in [4.78, 5) is 14.7. The third kappa shape index (κ3) is 1.13. The van der Waals surface area contributed by atoms with Gasteiger partial charge in [-0.2, -0.15) is 0 Å². The summed E-state index contributed by atoms with van der Waals surface area (Å²) in [6, 6.07) is 0. The number of fused-ring (bicyclic) bond motifs is 1. The number of guanidine groups is 1. The molecule has 0 aromatic rings. The summed E-state index contributed by atoms with van der Waals surface area (Å²) < 4.78 is 15.9. The lowest BCUT2D eigenvalue weighted by Gasteiger charge is -2.18. The lowest BCUT2D eigenvalue weighted by atomic mass is 10.1. The summed E-state index contributed by atoms with van der Waals surface area (Å²) in [6.07, 6.45) is 1.06. The van der Waals surface area contributed by atoms with Crippen molar-refractivity contribution in [3.63, 3.8) is 0 Å². The van der Waals surface area contributed by atoms with Crippen LogP contribution in [0.4, 0.5) is 0 Å². The molecule has 2 rings (SSSR count). The molecule has 1 unspecified atom stereocenters. The Balaban J connectivity index is 1.81. The number of rotatable bonds is 4. The molecule has 5 N–H and O–H groups in total. The first kappa shape index (κ1) is 9.48. The van der Waals surface area contributed by atoms with Gasteiger partial charge in [0.05, 0.1) is 0 Å². The van der Waals surface area contributed by atoms with Crippen LogP contribution < -0.4 is 16.6 Å². The van der Waals surface area contributed by atoms with Crippen LogP contribution in [0.5, 0.6) is 0 Å². The Morgan fingerprint density at radius 2 is 2.36 bits per heavy atom. The molecule has 2 fully saturated rings. The fourth-order valence-electron chi connectivity index (χ4n) is 1.49. The van der Waals surface area contributed by atoms with Gasteiger partial charge in [0.1, 0.15) is 0 Å². The van der Waals surface area contributed by atoms with Gasteiger partial charge >= 0.3 is 13.5 Å². The molecule has 0 aromatic heterocycles. The largest absolute Gasteiger partial charge is 0.397 e. The summed E-state index contributed by atoms with van der Waals surface area (Å²) in [5.74, 6) is -0.406. The van der Waals surface area contributed by atoms with Gasteiger partial charge in [-0.1, -0.05) is 0 Å². The van der Waals surface area contributed by atoms with Gasteiger partial charge in [0.2, 0.25) is 5.28 Å². The van der Waals surface area contributed by atoms with Gasteiger partial charge in [0, 0.05) is 6.54 Å². The van der Waals surface area contributed by atoms with Crippen molar-refractivity contribution in [2.45, 2.75) is 18.1 Å². The molecule has 0 radical (unpaired) electrons. The SMILES string of the molecule is NC(N)=NCCC[C@@]12NP1(=O)OC2=O. The average molecular weight is 218 g/mol. The molecule has 0 aromatic carbocycles. The zero-order chi connectivity index (χ0) is 10.4. The second-order valence-electron chi connectivity index (χ2n) is 3.31. The molecule has 0 bridgehead atoms. The van der Waals surface area contributed by atoms with Crippen molar-refractivity contribution in [3.8, 4) is 0 Å². The van der Waals surface area contributed by atoms with Gasteiger partial charge < -0.3 is 16.0 Å². The highest BCUT2D eigenvalue weighted by Gasteiger charge is 2.83. The smallest absolute Gasteiger partial charge is 0.352 e. The van der Waals surface area contributed by atoms with Crippen molar-refractivity contribution < 1.29 is 13.9 Å². The molecule has 7 nitrogen and oxygen atoms in total. The lowest BCUT2D eigenvalue weighted by Crippen LogP contribution is -2.34. The van der Waals surface area contributed by atoms with Crippen molar-refractivity contribution in [2.75, 3.05) is 6.54 Å². The van der Waals surface area contributed by atoms with E-state index in [0.717, 1.165) is 0 Å². The van der Waals surface area contributed by atoms with E-state index in [9.17, 15) is 9.36 Å². The molecule has 2 aliphatic rings. The molecule has 2 heterocycles. The molecule has 78 valence electrons. The van der Waals surface area contributed by atoms with E-state index in [1.54, 1.807) is 0 Å². The van der Waals surface area contributed by atoms with Crippen molar-refractivity contribution in [2.24, 2.45) is 16.5 Å². The Bertz CT molecular complexity index is 364. The van der Waals surface area contributed by atoms with Crippen LogP contribution in [0.25, 0.3) is 0 Å². The molecule has 0 saturated carbocycles. The predicted octanol–water partition coefficient (Wildman–Crippen LogP) is -0.911. The maximum absolute atomic E-state index is 11.4. The first-order valence-corrected chi connectivity index (χ1v) is 5.82. The van der Waals surface area contributed by atoms with Gasteiger partial charge in [-0.3, -0.25) is 9.56 Å². The first-order valence-electron chi connectivity index (χ1n) is 4.19. The molecule has 0 aliphatic carbocycles. The molecule has 8 heteroatoms. The normalized spacial score (nSPS) is 37.9. The summed E-state index contributed by atoms with van der Waals surface area (Å²) >= 11 is 0. The minimum atomic E-state index is -2.76. The van der Waals surface area contributed by atoms with Crippen molar-refractivity contribution in [1.82, 2.24) is 5.09 Å². The Morgan fingerprint density at radius 1 is 1.64 bits per heavy atom. The van der Waals surface area contributed by atoms with Crippen LogP contribution in [0, 0.1) is 0 Å². The molecular weight excluding hydrogens is 207 g/mol. The number of carbonyl (C=O) groups is 1. The van der Waals surface area contributed by atoms with E-state index < -0.39 is 18.8 Å². The highest BCUT2D eigenvalue weighted by Crippen LogP contribution is 2.80. The predicted molar refractivity (Wildman–Crippen MR) is 49.5 cm³/mol. The van der Waals surface area contributed by atoms with Crippen molar-refractivity contribution >= 4 is 19.4 Å². The van der Waals surface area contributed by atoms with Crippen LogP contribution in [0.15, 0.2) is 4.99 Å². The monoisotopic (exact) mass is 218 g/mol. The molecule has 0 amide bonds. The van der Waals surface area contributed by atoms with Crippen molar-refractivity contribution in [1.29, 1.82) is 0 Å². The van der Waals surface area contributed by atoms with Crippen LogP contribution in [0.2, 0.25) is 0 Å². The van der Waals surface area contributed by atoms with E-state index in [0.29, 0.717) is 19.4 Å². The van der Waals surface area contributed by atoms with Crippen molar-refractivity contribution in [3.05, 3.63) is 0 Å². The number of nitrogens with two attached hydrogens (primary N) is 2. The zero-order valence-corrected chi connectivity index (χ0v) is 8.29. The lowest BCUT2D eigenvalue weighted by molar-refractivity contribution is -0.139. The highest BCUT2D eigenvalue weighted by molar-refractivity contribution is 7.70. The fourth-order valence-corrected chi connectivity index (χ4v) is 3.57. The van der Waals surface area contributed by atoms with Crippen LogP contribution in [-0.2, 0) is 13.9 Å². The van der Waals surface area contributed by atoms with Crippen LogP contribution in [0.3, 0.4) is 0 Å². The van der Waals surface area contributed by atoms with Gasteiger partial charge in [-0.05, 0) is 12.8 Å². The van der Waals surface area contributed by atoms with E-state index in [2.05, 4.69) is 14.6 Å². The first-order chi connectivity index (χ1) is 6.50. The minimum Gasteiger partial charge on any atom is -0.397 e. The summed E-state index contributed by atoms with van der Waals surface area (Å²) in [6.45, 7) is 0.430. The van der Waals surface area contributed by atoms with E-state index in [4.69, 9.17) is 11.5 Å². The summed E-state index contributed by atoms with van der Waals surface area (Å²) in [7, 11) is -2.76. The average Bonchev–Trinajstić information content (AvgIpc) is 2.57. The van der Waals surface area contributed by atoms with E-state index in [1.165, 1.54) is 0 Å². The van der Waals surface area contributed by atoms with E-state index in [1.807, 2.05) is 0 Å². The number of nitrogens with zero attached hydrogens (tertiary/aromatic N) is 1. The second-order valence-corrected chi connectivity index (χ2v) is 5.59. The van der Waals surface area contributed by atoms with Gasteiger partial charge in [-0.25, -0.2) is 9.88 Å². The molecule has 2 aliphatic heterocycles. The van der Waals surface area contributed by atoms with E-state index >= 15 is 0 Å². The zero-order valence-electron chi connectivity index (χ0n) is 7.40. The standard InChI is InChI=1S/C6H11N4O3P/c7-5(8)9-3-1-2-6-4(11)13-14(6,12)10-6/h1-3H2,(H,10,12)(H4,7,8,9)/t6-,14?/m1/s1. The van der Waals surface area contributed by atoms with Gasteiger partial charge in [-0.15, -0.1) is 0 Å². The van der Waals surface area contributed by atoms with Crippen LogP contribution in [0.1, 0.15) is 12.8 Å². The Hall–Kier alpha value is -1.07. The molecule has 0 spiro atoms. The summed E-state index contributed by atoms with van der Waals surface area (Å²) in [5, 5.41) is 1.72. The number of hydrogen-bond donors (Lipinski definition) is 3. The topological polar surface area (TPSA) is 130 Å². The Kier molecular flexibility index (Phi) is 1.84. The second kappa shape index (κ2) is 2.71. The summed E-state index contributed by atoms with van der Waals surface area (Å²) in [5.41, 5.74) is 10.2. The highest BCUT2D eigenvalue weighted by atomic mass is 31.2. The molecule has 14 heavy (non-hydrogen) atoms. The number of aliphatic imine (C=N–C) groups is 1. The number of carbonyl (C=O) groups excluding carboxylic acids is 1. The molecular formula is C6H11N4O3P. The Labute approximate surface area is 80.4 Å². The maximum Gasteiger partial charge on any atom is 0.352 e. The van der Waals surface area contributed by atoms with Crippen LogP contribution in [-0.4, -0.2) is 23.8 Å². The molecule has 2 saturated heterocycles. The quantitative estimate of drug-likeness (QED) is 0.184. The van der Waals surface area contributed by atoms with Gasteiger partial charge in [0.15, 0.2) is 5.96 Å². The molecule has 2 atom stereocenters. The van der Waals surface area contributed by atoms with E-state index in [-0.39, 0.29) is 5.96 Å². The van der Waals surface area contributed by atoms with Gasteiger partial charge in [0.25, 0.3) is 0 Å².